The summed E-state index contributed by atoms with van der Waals surface area (Å²) in [7, 11) is 0. The highest BCUT2D eigenvalue weighted by molar-refractivity contribution is 5.82. The minimum Gasteiger partial charge on any atom is -0.480 e. The van der Waals surface area contributed by atoms with Crippen molar-refractivity contribution in [1.82, 2.24) is 4.90 Å². The molecule has 2 unspecified atom stereocenters. The van der Waals surface area contributed by atoms with Gasteiger partial charge < -0.3 is 10.0 Å². The molecule has 1 heterocycles. The Balaban J connectivity index is 2.72. The molecule has 2 atom stereocenters. The van der Waals surface area contributed by atoms with Gasteiger partial charge in [-0.05, 0) is 12.3 Å². The van der Waals surface area contributed by atoms with Gasteiger partial charge in [0, 0.05) is 13.5 Å². The summed E-state index contributed by atoms with van der Waals surface area (Å²) >= 11 is 0. The van der Waals surface area contributed by atoms with Crippen LogP contribution in [-0.4, -0.2) is 34.5 Å². The fourth-order valence-electron chi connectivity index (χ4n) is 1.63. The van der Waals surface area contributed by atoms with Crippen molar-refractivity contribution in [2.24, 2.45) is 5.92 Å². The first-order chi connectivity index (χ1) is 5.52. The van der Waals surface area contributed by atoms with E-state index in [0.717, 1.165) is 0 Å². The van der Waals surface area contributed by atoms with E-state index in [1.54, 1.807) is 0 Å². The zero-order valence-electron chi connectivity index (χ0n) is 7.28. The van der Waals surface area contributed by atoms with Crippen LogP contribution in [0, 0.1) is 5.92 Å². The smallest absolute Gasteiger partial charge is 0.326 e. The predicted molar refractivity (Wildman–Crippen MR) is 42.6 cm³/mol. The van der Waals surface area contributed by atoms with Gasteiger partial charge in [-0.2, -0.15) is 0 Å². The maximum absolute atomic E-state index is 11.0. The fraction of sp³-hybridized carbons (Fsp3) is 0.750. The van der Waals surface area contributed by atoms with Crippen molar-refractivity contribution in [1.29, 1.82) is 0 Å². The van der Waals surface area contributed by atoms with Gasteiger partial charge in [0.1, 0.15) is 6.04 Å². The summed E-state index contributed by atoms with van der Waals surface area (Å²) in [6.07, 6.45) is 0.578. The van der Waals surface area contributed by atoms with Crippen LogP contribution in [0.5, 0.6) is 0 Å². The highest BCUT2D eigenvalue weighted by Crippen LogP contribution is 2.22. The summed E-state index contributed by atoms with van der Waals surface area (Å²) in [5.41, 5.74) is 0. The van der Waals surface area contributed by atoms with Crippen molar-refractivity contribution >= 4 is 11.9 Å². The van der Waals surface area contributed by atoms with E-state index in [4.69, 9.17) is 5.11 Å². The van der Waals surface area contributed by atoms with Crippen LogP contribution in [-0.2, 0) is 9.59 Å². The number of hydrogen-bond acceptors (Lipinski definition) is 2. The Bertz CT molecular complexity index is 192. The molecule has 0 aromatic rings. The molecule has 1 N–H and O–H groups in total. The van der Waals surface area contributed by atoms with E-state index in [1.165, 1.54) is 11.8 Å². The summed E-state index contributed by atoms with van der Waals surface area (Å²) in [5.74, 6) is -0.740. The lowest BCUT2D eigenvalue weighted by molar-refractivity contribution is -0.147. The fourth-order valence-corrected chi connectivity index (χ4v) is 1.63. The van der Waals surface area contributed by atoms with Crippen molar-refractivity contribution in [2.75, 3.05) is 6.54 Å². The number of likely N-dealkylation sites (tertiary alicyclic amines) is 1. The van der Waals surface area contributed by atoms with Gasteiger partial charge in [0.25, 0.3) is 0 Å². The number of carboxylic acid groups (broad SMARTS) is 1. The van der Waals surface area contributed by atoms with Crippen LogP contribution in [0.25, 0.3) is 0 Å². The Hall–Kier alpha value is -1.06. The van der Waals surface area contributed by atoms with E-state index in [-0.39, 0.29) is 5.91 Å². The molecule has 1 aliphatic heterocycles. The maximum atomic E-state index is 11.0. The summed E-state index contributed by atoms with van der Waals surface area (Å²) < 4.78 is 0. The first-order valence-electron chi connectivity index (χ1n) is 4.02. The molecule has 1 rings (SSSR count). The number of nitrogens with zero attached hydrogens (tertiary/aromatic N) is 1. The predicted octanol–water partition coefficient (Wildman–Crippen LogP) is 0.328. The Morgan fingerprint density at radius 3 is 2.42 bits per heavy atom. The lowest BCUT2D eigenvalue weighted by Gasteiger charge is -2.18. The van der Waals surface area contributed by atoms with Crippen LogP contribution in [0.2, 0.25) is 0 Å². The second kappa shape index (κ2) is 3.13. The third-order valence-electron chi connectivity index (χ3n) is 2.20. The van der Waals surface area contributed by atoms with Crippen molar-refractivity contribution < 1.29 is 14.7 Å². The molecule has 1 aliphatic rings. The van der Waals surface area contributed by atoms with Gasteiger partial charge in [-0.1, -0.05) is 6.92 Å². The molecule has 12 heavy (non-hydrogen) atoms. The zero-order chi connectivity index (χ0) is 9.30. The number of amides is 1. The van der Waals surface area contributed by atoms with Crippen molar-refractivity contribution in [2.45, 2.75) is 26.3 Å². The summed E-state index contributed by atoms with van der Waals surface area (Å²) in [6, 6.07) is -0.600. The third-order valence-corrected chi connectivity index (χ3v) is 2.20. The van der Waals surface area contributed by atoms with Crippen molar-refractivity contribution in [3.8, 4) is 0 Å². The van der Waals surface area contributed by atoms with Crippen LogP contribution in [0.15, 0.2) is 0 Å². The molecule has 68 valence electrons. The second-order valence-corrected chi connectivity index (χ2v) is 3.37. The van der Waals surface area contributed by atoms with E-state index < -0.39 is 12.0 Å². The number of carbonyl (C=O) groups is 2. The number of aliphatic carboxylic acids is 1. The van der Waals surface area contributed by atoms with E-state index in [9.17, 15) is 9.59 Å². The second-order valence-electron chi connectivity index (χ2n) is 3.37. The number of hydrogen-bond donors (Lipinski definition) is 1. The molecule has 1 fully saturated rings. The third kappa shape index (κ3) is 1.57. The normalized spacial score (nSPS) is 29.0. The molecule has 1 saturated heterocycles. The molecule has 0 spiro atoms. The molecule has 4 heteroatoms. The van der Waals surface area contributed by atoms with E-state index in [0.29, 0.717) is 18.9 Å². The Labute approximate surface area is 71.2 Å². The monoisotopic (exact) mass is 171 g/mol. The van der Waals surface area contributed by atoms with Gasteiger partial charge in [0.05, 0.1) is 0 Å². The first-order valence-corrected chi connectivity index (χ1v) is 4.02. The van der Waals surface area contributed by atoms with Gasteiger partial charge in [0.2, 0.25) is 5.91 Å². The van der Waals surface area contributed by atoms with Crippen LogP contribution in [0.1, 0.15) is 20.3 Å². The summed E-state index contributed by atoms with van der Waals surface area (Å²) in [5, 5.41) is 8.76. The number of carbonyl (C=O) groups excluding carboxylic acids is 1. The van der Waals surface area contributed by atoms with Gasteiger partial charge in [-0.25, -0.2) is 4.79 Å². The largest absolute Gasteiger partial charge is 0.480 e. The molecule has 0 aliphatic carbocycles. The van der Waals surface area contributed by atoms with Crippen molar-refractivity contribution in [3.05, 3.63) is 0 Å². The minimum absolute atomic E-state index is 0.147. The lowest BCUT2D eigenvalue weighted by Crippen LogP contribution is -2.39. The number of rotatable bonds is 1. The van der Waals surface area contributed by atoms with E-state index in [2.05, 4.69) is 0 Å². The molecule has 0 aromatic carbocycles. The molecule has 4 nitrogen and oxygen atoms in total. The summed E-state index contributed by atoms with van der Waals surface area (Å²) in [4.78, 5) is 23.1. The highest BCUT2D eigenvalue weighted by atomic mass is 16.4. The Morgan fingerprint density at radius 2 is 2.08 bits per heavy atom. The molecular weight excluding hydrogens is 158 g/mol. The van der Waals surface area contributed by atoms with Crippen LogP contribution in [0.4, 0.5) is 0 Å². The minimum atomic E-state index is -0.894. The van der Waals surface area contributed by atoms with Gasteiger partial charge in [0.15, 0.2) is 0 Å². The van der Waals surface area contributed by atoms with Crippen LogP contribution >= 0.6 is 0 Å². The quantitative estimate of drug-likeness (QED) is 0.618. The van der Waals surface area contributed by atoms with E-state index >= 15 is 0 Å². The average molecular weight is 171 g/mol. The van der Waals surface area contributed by atoms with E-state index in [1.807, 2.05) is 6.92 Å². The van der Waals surface area contributed by atoms with Crippen LogP contribution in [0.3, 0.4) is 0 Å². The molecule has 0 bridgehead atoms. The SMILES string of the molecule is CC(=O)N1CC(C)CC1C(=O)O. The molecular formula is C8H13NO3. The summed E-state index contributed by atoms with van der Waals surface area (Å²) in [6.45, 7) is 3.94. The standard InChI is InChI=1S/C8H13NO3/c1-5-3-7(8(11)12)9(4-5)6(2)10/h5,7H,3-4H2,1-2H3,(H,11,12). The molecule has 0 radical (unpaired) electrons. The Morgan fingerprint density at radius 1 is 1.50 bits per heavy atom. The topological polar surface area (TPSA) is 57.6 Å². The van der Waals surface area contributed by atoms with Crippen molar-refractivity contribution in [3.63, 3.8) is 0 Å². The highest BCUT2D eigenvalue weighted by Gasteiger charge is 2.35. The molecule has 0 aromatic heterocycles. The van der Waals surface area contributed by atoms with Crippen LogP contribution < -0.4 is 0 Å². The first kappa shape index (κ1) is 9.03. The Kier molecular flexibility index (Phi) is 2.35. The number of carboxylic acids is 1. The van der Waals surface area contributed by atoms with Gasteiger partial charge in [-0.15, -0.1) is 0 Å². The molecule has 0 saturated carbocycles. The zero-order valence-corrected chi connectivity index (χ0v) is 7.28. The average Bonchev–Trinajstić information content (AvgIpc) is 2.31. The maximum Gasteiger partial charge on any atom is 0.326 e. The van der Waals surface area contributed by atoms with Gasteiger partial charge >= 0.3 is 5.97 Å². The lowest BCUT2D eigenvalue weighted by atomic mass is 10.1. The van der Waals surface area contributed by atoms with Gasteiger partial charge in [-0.3, -0.25) is 4.79 Å². The molecule has 1 amide bonds.